The second-order valence-electron chi connectivity index (χ2n) is 7.79. The highest BCUT2D eigenvalue weighted by atomic mass is 16.5. The van der Waals surface area contributed by atoms with E-state index in [1.807, 2.05) is 6.07 Å². The fraction of sp³-hybridized carbons (Fsp3) is 0.154. The van der Waals surface area contributed by atoms with E-state index in [2.05, 4.69) is 15.6 Å². The van der Waals surface area contributed by atoms with Crippen LogP contribution in [-0.4, -0.2) is 36.2 Å². The predicted molar refractivity (Wildman–Crippen MR) is 127 cm³/mol. The van der Waals surface area contributed by atoms with Crippen LogP contribution in [0.2, 0.25) is 0 Å². The van der Waals surface area contributed by atoms with Crippen molar-refractivity contribution in [1.29, 1.82) is 0 Å². The van der Waals surface area contributed by atoms with Gasteiger partial charge >= 0.3 is 18.0 Å². The Bertz CT molecular complexity index is 1460. The number of fused-ring (bicyclic) bond motifs is 1. The Morgan fingerprint density at radius 1 is 1.00 bits per heavy atom. The van der Waals surface area contributed by atoms with Crippen molar-refractivity contribution in [3.63, 3.8) is 0 Å². The lowest BCUT2D eigenvalue weighted by atomic mass is 10.0. The van der Waals surface area contributed by atoms with Gasteiger partial charge < -0.3 is 28.9 Å². The smallest absolute Gasteiger partial charge is 0.339 e. The van der Waals surface area contributed by atoms with Crippen molar-refractivity contribution in [2.24, 2.45) is 0 Å². The number of rotatable bonds is 7. The van der Waals surface area contributed by atoms with Gasteiger partial charge in [-0.25, -0.2) is 19.4 Å². The molecule has 0 saturated carbocycles. The van der Waals surface area contributed by atoms with E-state index in [0.29, 0.717) is 28.1 Å². The first-order valence-corrected chi connectivity index (χ1v) is 11.2. The molecule has 0 fully saturated rings. The average molecular weight is 487 g/mol. The van der Waals surface area contributed by atoms with E-state index in [1.54, 1.807) is 55.5 Å². The molecule has 3 aromatic heterocycles. The van der Waals surface area contributed by atoms with Crippen LogP contribution >= 0.6 is 0 Å². The zero-order chi connectivity index (χ0) is 25.1. The molecule has 10 heteroatoms. The number of furan rings is 2. The summed E-state index contributed by atoms with van der Waals surface area (Å²) in [6, 6.07) is 14.0. The number of nitrogens with one attached hydrogen (secondary N) is 2. The quantitative estimate of drug-likeness (QED) is 0.372. The normalized spacial score (nSPS) is 15.4. The number of hydrogen-bond acceptors (Lipinski definition) is 8. The molecule has 1 aliphatic heterocycles. The van der Waals surface area contributed by atoms with E-state index in [1.165, 1.54) is 12.5 Å². The molecular formula is C26H21N3O7. The van der Waals surface area contributed by atoms with Gasteiger partial charge in [0.25, 0.3) is 0 Å². The molecule has 0 aliphatic carbocycles. The maximum Gasteiger partial charge on any atom is 0.339 e. The van der Waals surface area contributed by atoms with Crippen LogP contribution in [0.3, 0.4) is 0 Å². The lowest BCUT2D eigenvalue weighted by Gasteiger charge is -2.27. The van der Waals surface area contributed by atoms with E-state index in [0.717, 1.165) is 0 Å². The van der Waals surface area contributed by atoms with E-state index in [4.69, 9.17) is 18.3 Å². The average Bonchev–Trinajstić information content (AvgIpc) is 3.61. The summed E-state index contributed by atoms with van der Waals surface area (Å²) in [5, 5.41) is 5.78. The Labute approximate surface area is 204 Å². The molecule has 2 N–H and O–H groups in total. The molecule has 5 rings (SSSR count). The minimum Gasteiger partial charge on any atom is -0.467 e. The Morgan fingerprint density at radius 3 is 2.56 bits per heavy atom. The summed E-state index contributed by atoms with van der Waals surface area (Å²) in [6.07, 6.45) is 2.94. The van der Waals surface area contributed by atoms with Crippen LogP contribution in [0.15, 0.2) is 87.2 Å². The second-order valence-corrected chi connectivity index (χ2v) is 7.79. The number of nitrogens with zero attached hydrogens (tertiary/aromatic N) is 1. The van der Waals surface area contributed by atoms with Gasteiger partial charge in [0, 0.05) is 5.39 Å². The SMILES string of the molecule is CCOC(=O)C1=C(COC(=O)c2cc(-c3ccco3)nc3ccccc23)NC(=O)N[C@H]1c1ccco1. The Balaban J connectivity index is 1.49. The lowest BCUT2D eigenvalue weighted by molar-refractivity contribution is -0.139. The number of aromatic nitrogens is 1. The monoisotopic (exact) mass is 487 g/mol. The van der Waals surface area contributed by atoms with E-state index >= 15 is 0 Å². The first-order chi connectivity index (χ1) is 17.5. The summed E-state index contributed by atoms with van der Waals surface area (Å²) >= 11 is 0. The van der Waals surface area contributed by atoms with Gasteiger partial charge in [-0.1, -0.05) is 18.2 Å². The van der Waals surface area contributed by atoms with Gasteiger partial charge in [0.2, 0.25) is 0 Å². The molecule has 182 valence electrons. The van der Waals surface area contributed by atoms with Crippen LogP contribution in [0.1, 0.15) is 29.1 Å². The number of carbonyl (C=O) groups excluding carboxylic acids is 3. The summed E-state index contributed by atoms with van der Waals surface area (Å²) in [5.41, 5.74) is 1.47. The molecule has 1 aliphatic rings. The summed E-state index contributed by atoms with van der Waals surface area (Å²) in [7, 11) is 0. The molecule has 0 saturated heterocycles. The molecule has 0 spiro atoms. The van der Waals surface area contributed by atoms with Crippen molar-refractivity contribution in [2.75, 3.05) is 13.2 Å². The maximum absolute atomic E-state index is 13.3. The van der Waals surface area contributed by atoms with Crippen LogP contribution < -0.4 is 10.6 Å². The van der Waals surface area contributed by atoms with Gasteiger partial charge in [-0.15, -0.1) is 0 Å². The van der Waals surface area contributed by atoms with Gasteiger partial charge in [0.1, 0.15) is 24.1 Å². The van der Waals surface area contributed by atoms with Crippen molar-refractivity contribution in [1.82, 2.24) is 15.6 Å². The van der Waals surface area contributed by atoms with E-state index < -0.39 is 24.0 Å². The Hall–Kier alpha value is -4.86. The van der Waals surface area contributed by atoms with Gasteiger partial charge in [-0.3, -0.25) is 0 Å². The standard InChI is InChI=1S/C26H21N3O7/c1-2-33-25(31)22-19(28-26(32)29-23(22)21-10-6-12-35-21)14-36-24(30)16-13-18(20-9-5-11-34-20)27-17-8-4-3-7-15(16)17/h3-13,23H,2,14H2,1H3,(H2,28,29,32)/t23-/m0/s1. The fourth-order valence-electron chi connectivity index (χ4n) is 3.96. The van der Waals surface area contributed by atoms with Gasteiger partial charge in [-0.05, 0) is 43.3 Å². The van der Waals surface area contributed by atoms with Crippen molar-refractivity contribution >= 4 is 28.9 Å². The third-order valence-corrected chi connectivity index (χ3v) is 5.53. The number of ether oxygens (including phenoxy) is 2. The predicted octanol–water partition coefficient (Wildman–Crippen LogP) is 4.12. The molecule has 4 heterocycles. The maximum atomic E-state index is 13.3. The highest BCUT2D eigenvalue weighted by Gasteiger charge is 2.36. The topological polar surface area (TPSA) is 133 Å². The van der Waals surface area contributed by atoms with E-state index in [-0.39, 0.29) is 30.0 Å². The van der Waals surface area contributed by atoms with Crippen molar-refractivity contribution in [3.05, 3.63) is 89.7 Å². The first kappa shape index (κ1) is 22.9. The zero-order valence-electron chi connectivity index (χ0n) is 19.1. The van der Waals surface area contributed by atoms with E-state index in [9.17, 15) is 14.4 Å². The molecule has 0 radical (unpaired) electrons. The number of esters is 2. The second kappa shape index (κ2) is 9.79. The third-order valence-electron chi connectivity index (χ3n) is 5.53. The number of urea groups is 1. The highest BCUT2D eigenvalue weighted by molar-refractivity contribution is 6.04. The van der Waals surface area contributed by atoms with Gasteiger partial charge in [-0.2, -0.15) is 0 Å². The van der Waals surface area contributed by atoms with Gasteiger partial charge in [0.15, 0.2) is 5.76 Å². The fourth-order valence-corrected chi connectivity index (χ4v) is 3.96. The molecule has 10 nitrogen and oxygen atoms in total. The molecule has 2 amide bonds. The Kier molecular flexibility index (Phi) is 6.23. The van der Waals surface area contributed by atoms with Crippen LogP contribution in [0.5, 0.6) is 0 Å². The van der Waals surface area contributed by atoms with Crippen molar-refractivity contribution < 1.29 is 32.7 Å². The largest absolute Gasteiger partial charge is 0.467 e. The number of para-hydroxylation sites is 1. The van der Waals surface area contributed by atoms with Crippen LogP contribution in [0.4, 0.5) is 4.79 Å². The van der Waals surface area contributed by atoms with Crippen LogP contribution in [0.25, 0.3) is 22.4 Å². The summed E-state index contributed by atoms with van der Waals surface area (Å²) in [5.74, 6) is -0.514. The molecule has 0 unspecified atom stereocenters. The summed E-state index contributed by atoms with van der Waals surface area (Å²) < 4.78 is 21.6. The molecule has 1 aromatic carbocycles. The van der Waals surface area contributed by atoms with Gasteiger partial charge in [0.05, 0.1) is 41.5 Å². The first-order valence-electron chi connectivity index (χ1n) is 11.2. The van der Waals surface area contributed by atoms with Crippen LogP contribution in [0, 0.1) is 0 Å². The molecule has 36 heavy (non-hydrogen) atoms. The number of amides is 2. The van der Waals surface area contributed by atoms with Crippen molar-refractivity contribution in [2.45, 2.75) is 13.0 Å². The number of hydrogen-bond donors (Lipinski definition) is 2. The zero-order valence-corrected chi connectivity index (χ0v) is 19.1. The molecule has 0 bridgehead atoms. The van der Waals surface area contributed by atoms with Crippen LogP contribution in [-0.2, 0) is 14.3 Å². The number of carbonyl (C=O) groups is 3. The molecule has 4 aromatic rings. The highest BCUT2D eigenvalue weighted by Crippen LogP contribution is 2.29. The molecule has 1 atom stereocenters. The summed E-state index contributed by atoms with van der Waals surface area (Å²) in [4.78, 5) is 43.0. The lowest BCUT2D eigenvalue weighted by Crippen LogP contribution is -2.47. The number of benzene rings is 1. The minimum atomic E-state index is -0.909. The minimum absolute atomic E-state index is 0.0788. The molecular weight excluding hydrogens is 466 g/mol. The van der Waals surface area contributed by atoms with Crippen molar-refractivity contribution in [3.8, 4) is 11.5 Å². The Morgan fingerprint density at radius 2 is 1.81 bits per heavy atom. The number of pyridine rings is 1. The third kappa shape index (κ3) is 4.43. The summed E-state index contributed by atoms with van der Waals surface area (Å²) in [6.45, 7) is 1.40.